The van der Waals surface area contributed by atoms with E-state index in [-0.39, 0.29) is 23.5 Å². The molecule has 0 radical (unpaired) electrons. The number of carbonyl (C=O) groups is 1. The minimum atomic E-state index is -3.00. The number of hydrogen-bond acceptors (Lipinski definition) is 4. The van der Waals surface area contributed by atoms with Crippen molar-refractivity contribution in [2.24, 2.45) is 4.99 Å². The number of anilines is 1. The smallest absolute Gasteiger partial charge is 0.277 e. The first-order chi connectivity index (χ1) is 10.0. The first-order valence-electron chi connectivity index (χ1n) is 6.82. The molecule has 0 bridgehead atoms. The first kappa shape index (κ1) is 14.0. The van der Waals surface area contributed by atoms with Gasteiger partial charge in [0, 0.05) is 12.1 Å². The fourth-order valence-electron chi connectivity index (χ4n) is 2.76. The normalized spacial score (nSPS) is 25.3. The van der Waals surface area contributed by atoms with Crippen LogP contribution in [0.1, 0.15) is 12.0 Å². The Kier molecular flexibility index (Phi) is 3.41. The molecule has 2 aliphatic heterocycles. The van der Waals surface area contributed by atoms with Gasteiger partial charge in [-0.05, 0) is 12.5 Å². The van der Waals surface area contributed by atoms with Crippen LogP contribution in [0.4, 0.5) is 5.69 Å². The molecule has 0 saturated carbocycles. The van der Waals surface area contributed by atoms with Gasteiger partial charge in [-0.2, -0.15) is 0 Å². The molecule has 1 aromatic carbocycles. The number of aliphatic imine (C=N–C) groups is 1. The van der Waals surface area contributed by atoms with Crippen LogP contribution in [0.3, 0.4) is 0 Å². The summed E-state index contributed by atoms with van der Waals surface area (Å²) >= 11 is 0. The molecular weight excluding hydrogens is 288 g/mol. The van der Waals surface area contributed by atoms with Crippen LogP contribution >= 0.6 is 0 Å². The highest BCUT2D eigenvalue weighted by Gasteiger charge is 2.35. The predicted molar refractivity (Wildman–Crippen MR) is 82.6 cm³/mol. The maximum atomic E-state index is 12.5. The fourth-order valence-corrected chi connectivity index (χ4v) is 4.38. The summed E-state index contributed by atoms with van der Waals surface area (Å²) in [5, 5.41) is 0. The number of fused-ring (bicyclic) bond motifs is 1. The largest absolute Gasteiger partial charge is 0.303 e. The van der Waals surface area contributed by atoms with Gasteiger partial charge in [-0.3, -0.25) is 9.79 Å². The van der Waals surface area contributed by atoms with Crippen molar-refractivity contribution in [3.05, 3.63) is 42.5 Å². The van der Waals surface area contributed by atoms with E-state index in [2.05, 4.69) is 11.6 Å². The van der Waals surface area contributed by atoms with Gasteiger partial charge < -0.3 is 4.90 Å². The highest BCUT2D eigenvalue weighted by molar-refractivity contribution is 7.91. The van der Waals surface area contributed by atoms with E-state index >= 15 is 0 Å². The first-order valence-corrected chi connectivity index (χ1v) is 8.64. The minimum Gasteiger partial charge on any atom is -0.303 e. The molecule has 6 heteroatoms. The zero-order valence-corrected chi connectivity index (χ0v) is 12.3. The van der Waals surface area contributed by atoms with Gasteiger partial charge in [-0.1, -0.05) is 24.3 Å². The van der Waals surface area contributed by atoms with E-state index in [0.29, 0.717) is 18.7 Å². The SMILES string of the molecule is C=CCN1C(=O)C(=N[C@H]2CCS(=O)(=O)C2)c2ccccc21. The molecule has 0 aliphatic carbocycles. The van der Waals surface area contributed by atoms with E-state index in [1.165, 1.54) is 0 Å². The van der Waals surface area contributed by atoms with Gasteiger partial charge in [0.1, 0.15) is 5.71 Å². The predicted octanol–water partition coefficient (Wildman–Crippen LogP) is 1.20. The molecule has 1 aromatic rings. The Morgan fingerprint density at radius 3 is 2.81 bits per heavy atom. The molecule has 21 heavy (non-hydrogen) atoms. The molecular formula is C15H16N2O3S. The Labute approximate surface area is 123 Å². The number of benzene rings is 1. The molecule has 0 aromatic heterocycles. The Morgan fingerprint density at radius 2 is 2.14 bits per heavy atom. The van der Waals surface area contributed by atoms with E-state index in [1.807, 2.05) is 24.3 Å². The van der Waals surface area contributed by atoms with Crippen LogP contribution in [0.2, 0.25) is 0 Å². The quantitative estimate of drug-likeness (QED) is 0.788. The van der Waals surface area contributed by atoms with E-state index < -0.39 is 9.84 Å². The zero-order valence-electron chi connectivity index (χ0n) is 11.5. The number of carbonyl (C=O) groups excluding carboxylic acids is 1. The standard InChI is InChI=1S/C15H16N2O3S/c1-2-8-17-13-6-4-3-5-12(13)14(15(17)18)16-11-7-9-21(19,20)10-11/h2-6,11H,1,7-10H2/t11-/m0/s1. The Hall–Kier alpha value is -1.95. The third-order valence-electron chi connectivity index (χ3n) is 3.73. The Morgan fingerprint density at radius 1 is 1.38 bits per heavy atom. The maximum Gasteiger partial charge on any atom is 0.277 e. The number of para-hydroxylation sites is 1. The zero-order chi connectivity index (χ0) is 15.0. The van der Waals surface area contributed by atoms with Crippen LogP contribution < -0.4 is 4.90 Å². The van der Waals surface area contributed by atoms with Crippen LogP contribution in [0, 0.1) is 0 Å². The number of amides is 1. The van der Waals surface area contributed by atoms with E-state index in [4.69, 9.17) is 0 Å². The lowest BCUT2D eigenvalue weighted by molar-refractivity contribution is -0.112. The van der Waals surface area contributed by atoms with Crippen molar-refractivity contribution in [2.45, 2.75) is 12.5 Å². The van der Waals surface area contributed by atoms with Crippen LogP contribution in [0.5, 0.6) is 0 Å². The lowest BCUT2D eigenvalue weighted by Crippen LogP contribution is -2.30. The Balaban J connectivity index is 1.99. The van der Waals surface area contributed by atoms with E-state index in [9.17, 15) is 13.2 Å². The van der Waals surface area contributed by atoms with Crippen molar-refractivity contribution in [1.29, 1.82) is 0 Å². The fraction of sp³-hybridized carbons (Fsp3) is 0.333. The molecule has 110 valence electrons. The molecule has 2 heterocycles. The molecule has 1 amide bonds. The van der Waals surface area contributed by atoms with Crippen molar-refractivity contribution >= 4 is 27.1 Å². The molecule has 0 unspecified atom stereocenters. The summed E-state index contributed by atoms with van der Waals surface area (Å²) < 4.78 is 23.1. The summed E-state index contributed by atoms with van der Waals surface area (Å²) in [6, 6.07) is 7.12. The average Bonchev–Trinajstić information content (AvgIpc) is 2.92. The molecule has 0 N–H and O–H groups in total. The van der Waals surface area contributed by atoms with E-state index in [0.717, 1.165) is 11.3 Å². The number of rotatable bonds is 3. The Bertz CT molecular complexity index is 737. The highest BCUT2D eigenvalue weighted by Crippen LogP contribution is 2.30. The monoisotopic (exact) mass is 304 g/mol. The van der Waals surface area contributed by atoms with Crippen molar-refractivity contribution in [3.8, 4) is 0 Å². The van der Waals surface area contributed by atoms with Gasteiger partial charge in [0.2, 0.25) is 0 Å². The summed E-state index contributed by atoms with van der Waals surface area (Å²) in [5.41, 5.74) is 1.95. The van der Waals surface area contributed by atoms with Gasteiger partial charge in [-0.25, -0.2) is 8.42 Å². The molecule has 1 fully saturated rings. The van der Waals surface area contributed by atoms with Crippen LogP contribution in [-0.4, -0.2) is 44.1 Å². The molecule has 0 spiro atoms. The summed E-state index contributed by atoms with van der Waals surface area (Å²) in [6.07, 6.45) is 2.15. The van der Waals surface area contributed by atoms with Crippen molar-refractivity contribution < 1.29 is 13.2 Å². The minimum absolute atomic E-state index is 0.0351. The topological polar surface area (TPSA) is 66.8 Å². The average molecular weight is 304 g/mol. The van der Waals surface area contributed by atoms with Crippen molar-refractivity contribution in [2.75, 3.05) is 23.0 Å². The lowest BCUT2D eigenvalue weighted by atomic mass is 10.1. The van der Waals surface area contributed by atoms with Crippen LogP contribution in [0.25, 0.3) is 0 Å². The maximum absolute atomic E-state index is 12.5. The van der Waals surface area contributed by atoms with Gasteiger partial charge >= 0.3 is 0 Å². The van der Waals surface area contributed by atoms with Gasteiger partial charge in [0.25, 0.3) is 5.91 Å². The van der Waals surface area contributed by atoms with E-state index in [1.54, 1.807) is 11.0 Å². The second-order valence-electron chi connectivity index (χ2n) is 5.26. The lowest BCUT2D eigenvalue weighted by Gasteiger charge is -2.13. The number of nitrogens with zero attached hydrogens (tertiary/aromatic N) is 2. The third-order valence-corrected chi connectivity index (χ3v) is 5.48. The molecule has 5 nitrogen and oxygen atoms in total. The second-order valence-corrected chi connectivity index (χ2v) is 7.48. The van der Waals surface area contributed by atoms with Gasteiger partial charge in [-0.15, -0.1) is 6.58 Å². The molecule has 1 saturated heterocycles. The van der Waals surface area contributed by atoms with Crippen molar-refractivity contribution in [3.63, 3.8) is 0 Å². The summed E-state index contributed by atoms with van der Waals surface area (Å²) in [4.78, 5) is 18.6. The molecule has 1 atom stereocenters. The number of hydrogen-bond donors (Lipinski definition) is 0. The van der Waals surface area contributed by atoms with Gasteiger partial charge in [0.05, 0.1) is 23.2 Å². The van der Waals surface area contributed by atoms with Crippen LogP contribution in [0.15, 0.2) is 41.9 Å². The summed E-state index contributed by atoms with van der Waals surface area (Å²) in [5.74, 6) is 0.00837. The third kappa shape index (κ3) is 2.51. The van der Waals surface area contributed by atoms with Crippen LogP contribution in [-0.2, 0) is 14.6 Å². The number of sulfone groups is 1. The summed E-state index contributed by atoms with van der Waals surface area (Å²) in [7, 11) is -3.00. The molecule has 3 rings (SSSR count). The highest BCUT2D eigenvalue weighted by atomic mass is 32.2. The second kappa shape index (κ2) is 5.11. The molecule has 2 aliphatic rings. The summed E-state index contributed by atoms with van der Waals surface area (Å²) in [6.45, 7) is 4.08. The van der Waals surface area contributed by atoms with Gasteiger partial charge in [0.15, 0.2) is 9.84 Å². The van der Waals surface area contributed by atoms with Crippen molar-refractivity contribution in [1.82, 2.24) is 0 Å².